The second-order valence-electron chi connectivity index (χ2n) is 8.64. The first-order valence-corrected chi connectivity index (χ1v) is 11.1. The SMILES string of the molecule is Cc1[nH]c(C(=O)N(C)C2CCN(CCc3ccccn3)CC2)c(C)c1C(=O)OC(C)C. The molecule has 0 radical (unpaired) electrons. The van der Waals surface area contributed by atoms with Crippen LogP contribution < -0.4 is 0 Å². The molecule has 0 atom stereocenters. The Kier molecular flexibility index (Phi) is 7.49. The Morgan fingerprint density at radius 3 is 2.58 bits per heavy atom. The number of nitrogens with one attached hydrogen (secondary N) is 1. The molecule has 2 aromatic rings. The van der Waals surface area contributed by atoms with Gasteiger partial charge >= 0.3 is 5.97 Å². The lowest BCUT2D eigenvalue weighted by molar-refractivity contribution is 0.0376. The number of ether oxygens (including phenoxy) is 1. The molecule has 7 nitrogen and oxygen atoms in total. The number of hydrogen-bond donors (Lipinski definition) is 1. The summed E-state index contributed by atoms with van der Waals surface area (Å²) < 4.78 is 5.34. The van der Waals surface area contributed by atoms with Gasteiger partial charge in [-0.1, -0.05) is 6.07 Å². The number of aromatic amines is 1. The van der Waals surface area contributed by atoms with E-state index in [1.807, 2.05) is 51.0 Å². The van der Waals surface area contributed by atoms with Crippen LogP contribution in [0.3, 0.4) is 0 Å². The number of H-pyrrole nitrogens is 1. The number of hydrogen-bond acceptors (Lipinski definition) is 5. The van der Waals surface area contributed by atoms with Crippen LogP contribution >= 0.6 is 0 Å². The number of carbonyl (C=O) groups is 2. The van der Waals surface area contributed by atoms with Gasteiger partial charge in [-0.25, -0.2) is 4.79 Å². The lowest BCUT2D eigenvalue weighted by Crippen LogP contribution is -2.46. The second-order valence-corrected chi connectivity index (χ2v) is 8.64. The molecule has 2 aromatic heterocycles. The Bertz CT molecular complexity index is 899. The molecular weight excluding hydrogens is 392 g/mol. The van der Waals surface area contributed by atoms with E-state index in [-0.39, 0.29) is 24.0 Å². The summed E-state index contributed by atoms with van der Waals surface area (Å²) in [6, 6.07) is 6.21. The molecule has 0 unspecified atom stereocenters. The highest BCUT2D eigenvalue weighted by atomic mass is 16.5. The maximum absolute atomic E-state index is 13.2. The van der Waals surface area contributed by atoms with Crippen molar-refractivity contribution in [1.29, 1.82) is 0 Å². The lowest BCUT2D eigenvalue weighted by Gasteiger charge is -2.36. The van der Waals surface area contributed by atoms with Crippen molar-refractivity contribution in [3.8, 4) is 0 Å². The molecule has 0 bridgehead atoms. The Hall–Kier alpha value is -2.67. The Morgan fingerprint density at radius 1 is 1.26 bits per heavy atom. The van der Waals surface area contributed by atoms with E-state index < -0.39 is 0 Å². The average molecular weight is 427 g/mol. The topological polar surface area (TPSA) is 78.5 Å². The zero-order valence-electron chi connectivity index (χ0n) is 19.3. The first kappa shape index (κ1) is 23.0. The van der Waals surface area contributed by atoms with Gasteiger partial charge < -0.3 is 19.5 Å². The standard InChI is InChI=1S/C24H34N4O3/c1-16(2)31-24(30)21-17(3)22(26-18(21)4)23(29)27(5)20-10-14-28(15-11-20)13-9-19-8-6-7-12-25-19/h6-8,12,16,20,26H,9-11,13-15H2,1-5H3. The quantitative estimate of drug-likeness (QED) is 0.687. The largest absolute Gasteiger partial charge is 0.459 e. The highest BCUT2D eigenvalue weighted by Gasteiger charge is 2.30. The van der Waals surface area contributed by atoms with Gasteiger partial charge in [0.05, 0.1) is 11.7 Å². The zero-order chi connectivity index (χ0) is 22.5. The van der Waals surface area contributed by atoms with Gasteiger partial charge in [0.1, 0.15) is 5.69 Å². The fraction of sp³-hybridized carbons (Fsp3) is 0.542. The molecule has 3 heterocycles. The summed E-state index contributed by atoms with van der Waals surface area (Å²) in [4.78, 5) is 37.4. The maximum atomic E-state index is 13.2. The molecule has 31 heavy (non-hydrogen) atoms. The van der Waals surface area contributed by atoms with Crippen LogP contribution in [0.15, 0.2) is 24.4 Å². The minimum Gasteiger partial charge on any atom is -0.459 e. The minimum absolute atomic E-state index is 0.0730. The third-order valence-corrected chi connectivity index (χ3v) is 6.03. The van der Waals surface area contributed by atoms with E-state index in [0.29, 0.717) is 22.5 Å². The van der Waals surface area contributed by atoms with Crippen LogP contribution in [0.4, 0.5) is 0 Å². The van der Waals surface area contributed by atoms with Gasteiger partial charge in [-0.05, 0) is 58.2 Å². The van der Waals surface area contributed by atoms with Crippen molar-refractivity contribution in [3.63, 3.8) is 0 Å². The van der Waals surface area contributed by atoms with Crippen molar-refractivity contribution in [3.05, 3.63) is 52.6 Å². The van der Waals surface area contributed by atoms with E-state index in [0.717, 1.165) is 44.6 Å². The molecule has 1 aliphatic heterocycles. The number of aromatic nitrogens is 2. The van der Waals surface area contributed by atoms with Crippen molar-refractivity contribution >= 4 is 11.9 Å². The average Bonchev–Trinajstić information content (AvgIpc) is 3.05. The van der Waals surface area contributed by atoms with Crippen LogP contribution in [0.25, 0.3) is 0 Å². The summed E-state index contributed by atoms with van der Waals surface area (Å²) in [5, 5.41) is 0. The van der Waals surface area contributed by atoms with Gasteiger partial charge in [-0.3, -0.25) is 9.78 Å². The van der Waals surface area contributed by atoms with E-state index in [9.17, 15) is 9.59 Å². The number of likely N-dealkylation sites (tertiary alicyclic amines) is 1. The summed E-state index contributed by atoms with van der Waals surface area (Å²) >= 11 is 0. The number of carbonyl (C=O) groups excluding carboxylic acids is 2. The van der Waals surface area contributed by atoms with Gasteiger partial charge in [0, 0.05) is 56.7 Å². The molecule has 0 aliphatic carbocycles. The third-order valence-electron chi connectivity index (χ3n) is 6.03. The normalized spacial score (nSPS) is 15.3. The third kappa shape index (κ3) is 5.53. The van der Waals surface area contributed by atoms with Crippen molar-refractivity contribution in [2.24, 2.45) is 0 Å². The fourth-order valence-electron chi connectivity index (χ4n) is 4.23. The van der Waals surface area contributed by atoms with Gasteiger partial charge in [0.2, 0.25) is 0 Å². The summed E-state index contributed by atoms with van der Waals surface area (Å²) in [5.74, 6) is -0.458. The van der Waals surface area contributed by atoms with Gasteiger partial charge in [-0.15, -0.1) is 0 Å². The molecule has 0 aromatic carbocycles. The van der Waals surface area contributed by atoms with Gasteiger partial charge in [0.15, 0.2) is 0 Å². The van der Waals surface area contributed by atoms with Crippen molar-refractivity contribution in [2.75, 3.05) is 26.7 Å². The molecule has 3 rings (SSSR count). The number of rotatable bonds is 7. The lowest BCUT2D eigenvalue weighted by atomic mass is 10.0. The summed E-state index contributed by atoms with van der Waals surface area (Å²) in [7, 11) is 1.86. The van der Waals surface area contributed by atoms with E-state index in [1.54, 1.807) is 6.92 Å². The smallest absolute Gasteiger partial charge is 0.340 e. The van der Waals surface area contributed by atoms with Crippen LogP contribution in [-0.2, 0) is 11.2 Å². The van der Waals surface area contributed by atoms with Crippen LogP contribution in [0.2, 0.25) is 0 Å². The summed E-state index contributed by atoms with van der Waals surface area (Å²) in [5.41, 5.74) is 3.39. The Balaban J connectivity index is 1.58. The number of esters is 1. The first-order valence-electron chi connectivity index (χ1n) is 11.1. The number of piperidine rings is 1. The van der Waals surface area contributed by atoms with Crippen LogP contribution in [0, 0.1) is 13.8 Å². The highest BCUT2D eigenvalue weighted by molar-refractivity contribution is 6.00. The minimum atomic E-state index is -0.385. The molecule has 1 fully saturated rings. The molecule has 1 aliphatic rings. The number of aryl methyl sites for hydroxylation is 1. The van der Waals surface area contributed by atoms with Crippen LogP contribution in [0.5, 0.6) is 0 Å². The fourth-order valence-corrected chi connectivity index (χ4v) is 4.23. The second kappa shape index (κ2) is 10.1. The molecule has 168 valence electrons. The number of amides is 1. The van der Waals surface area contributed by atoms with Crippen molar-refractivity contribution < 1.29 is 14.3 Å². The van der Waals surface area contributed by atoms with Crippen molar-refractivity contribution in [1.82, 2.24) is 19.8 Å². The predicted octanol–water partition coefficient (Wildman–Crippen LogP) is 3.37. The maximum Gasteiger partial charge on any atom is 0.340 e. The molecule has 1 N–H and O–H groups in total. The van der Waals surface area contributed by atoms with Crippen LogP contribution in [0.1, 0.15) is 64.5 Å². The van der Waals surface area contributed by atoms with Crippen molar-refractivity contribution in [2.45, 2.75) is 59.1 Å². The van der Waals surface area contributed by atoms with Gasteiger partial charge in [-0.2, -0.15) is 0 Å². The monoisotopic (exact) mass is 426 g/mol. The summed E-state index contributed by atoms with van der Waals surface area (Å²) in [6.07, 6.45) is 4.44. The molecule has 1 amide bonds. The number of pyridine rings is 1. The van der Waals surface area contributed by atoms with Gasteiger partial charge in [0.25, 0.3) is 5.91 Å². The Labute approximate surface area is 184 Å². The predicted molar refractivity (Wildman–Crippen MR) is 120 cm³/mol. The first-order chi connectivity index (χ1) is 14.8. The van der Waals surface area contributed by atoms with E-state index >= 15 is 0 Å². The number of nitrogens with zero attached hydrogens (tertiary/aromatic N) is 3. The highest BCUT2D eigenvalue weighted by Crippen LogP contribution is 2.23. The van der Waals surface area contributed by atoms with Crippen LogP contribution in [-0.4, -0.2) is 70.5 Å². The van der Waals surface area contributed by atoms with E-state index in [1.165, 1.54) is 0 Å². The summed E-state index contributed by atoms with van der Waals surface area (Å²) in [6.45, 7) is 10.2. The molecule has 0 spiro atoms. The zero-order valence-corrected chi connectivity index (χ0v) is 19.3. The Morgan fingerprint density at radius 2 is 1.97 bits per heavy atom. The van der Waals surface area contributed by atoms with E-state index in [4.69, 9.17) is 4.74 Å². The molecule has 7 heteroatoms. The molecule has 1 saturated heterocycles. The molecular formula is C24H34N4O3. The van der Waals surface area contributed by atoms with E-state index in [2.05, 4.69) is 20.9 Å². The molecule has 0 saturated carbocycles.